The van der Waals surface area contributed by atoms with Gasteiger partial charge < -0.3 is 4.57 Å². The maximum Gasteiger partial charge on any atom is 0.269 e. The molecule has 3 aromatic rings. The molecule has 6 nitrogen and oxygen atoms in total. The van der Waals surface area contributed by atoms with E-state index in [0.29, 0.717) is 5.56 Å². The van der Waals surface area contributed by atoms with E-state index in [9.17, 15) is 20.6 Å². The number of para-hydroxylation sites is 1. The van der Waals surface area contributed by atoms with Crippen molar-refractivity contribution in [3.63, 3.8) is 0 Å². The molecule has 1 unspecified atom stereocenters. The lowest BCUT2D eigenvalue weighted by Crippen LogP contribution is -2.11. The number of fused-ring (bicyclic) bond motifs is 1. The highest BCUT2D eigenvalue weighted by atomic mass is 16.6. The zero-order valence-corrected chi connectivity index (χ0v) is 13.5. The normalized spacial score (nSPS) is 11.8. The summed E-state index contributed by atoms with van der Waals surface area (Å²) < 4.78 is 1.95. The van der Waals surface area contributed by atoms with Crippen molar-refractivity contribution in [1.82, 2.24) is 4.57 Å². The molecule has 1 aromatic heterocycles. The van der Waals surface area contributed by atoms with Gasteiger partial charge in [0.1, 0.15) is 5.92 Å². The number of nitro groups is 1. The molecule has 0 aliphatic heterocycles. The average molecular weight is 330 g/mol. The van der Waals surface area contributed by atoms with Gasteiger partial charge in [0.15, 0.2) is 0 Å². The fourth-order valence-corrected chi connectivity index (χ4v) is 3.15. The fraction of sp³-hybridized carbons (Fsp3) is 0.158. The number of rotatable bonds is 4. The lowest BCUT2D eigenvalue weighted by molar-refractivity contribution is -0.384. The Morgan fingerprint density at radius 1 is 1.08 bits per heavy atom. The number of hydrogen-bond acceptors (Lipinski definition) is 4. The molecule has 0 fully saturated rings. The van der Waals surface area contributed by atoms with E-state index in [4.69, 9.17) is 0 Å². The van der Waals surface area contributed by atoms with Crippen LogP contribution < -0.4 is 0 Å². The van der Waals surface area contributed by atoms with Gasteiger partial charge in [0, 0.05) is 42.2 Å². The third kappa shape index (κ3) is 2.82. The maximum atomic E-state index is 10.9. The Morgan fingerprint density at radius 2 is 1.72 bits per heavy atom. The Kier molecular flexibility index (Phi) is 4.20. The van der Waals surface area contributed by atoms with E-state index in [1.165, 1.54) is 12.1 Å². The number of aromatic nitrogens is 1. The molecule has 2 aromatic carbocycles. The molecule has 1 atom stereocenters. The van der Waals surface area contributed by atoms with Crippen molar-refractivity contribution < 1.29 is 4.92 Å². The van der Waals surface area contributed by atoms with Gasteiger partial charge in [0.2, 0.25) is 0 Å². The highest BCUT2D eigenvalue weighted by Crippen LogP contribution is 2.37. The molecule has 0 saturated heterocycles. The Hall–Kier alpha value is -3.64. The van der Waals surface area contributed by atoms with Gasteiger partial charge in [-0.1, -0.05) is 30.3 Å². The van der Waals surface area contributed by atoms with Gasteiger partial charge in [-0.3, -0.25) is 10.1 Å². The number of nitriles is 2. The lowest BCUT2D eigenvalue weighted by atomic mass is 9.82. The predicted molar refractivity (Wildman–Crippen MR) is 92.6 cm³/mol. The van der Waals surface area contributed by atoms with Crippen molar-refractivity contribution >= 4 is 16.6 Å². The van der Waals surface area contributed by atoms with Crippen LogP contribution in [0.1, 0.15) is 17.0 Å². The van der Waals surface area contributed by atoms with Crippen LogP contribution in [-0.2, 0) is 7.05 Å². The summed E-state index contributed by atoms with van der Waals surface area (Å²) in [4.78, 5) is 10.4. The van der Waals surface area contributed by atoms with E-state index in [2.05, 4.69) is 12.1 Å². The Labute approximate surface area is 144 Å². The largest absolute Gasteiger partial charge is 0.350 e. The number of aryl methyl sites for hydroxylation is 1. The molecule has 0 radical (unpaired) electrons. The molecule has 1 heterocycles. The quantitative estimate of drug-likeness (QED) is 0.535. The van der Waals surface area contributed by atoms with E-state index < -0.39 is 16.8 Å². The SMILES string of the molecule is Cn1cc(C(c2ccc([N+](=O)[O-])cc2)C(C#N)C#N)c2ccccc21. The molecule has 0 aliphatic rings. The minimum atomic E-state index is -0.896. The van der Waals surface area contributed by atoms with Gasteiger partial charge in [-0.15, -0.1) is 0 Å². The summed E-state index contributed by atoms with van der Waals surface area (Å²) in [5.41, 5.74) is 2.54. The number of hydrogen-bond donors (Lipinski definition) is 0. The Morgan fingerprint density at radius 3 is 2.32 bits per heavy atom. The Bertz CT molecular complexity index is 1010. The number of non-ortho nitro benzene ring substituents is 1. The third-order valence-corrected chi connectivity index (χ3v) is 4.34. The van der Waals surface area contributed by atoms with E-state index >= 15 is 0 Å². The minimum absolute atomic E-state index is 0.0223. The first-order valence-electron chi connectivity index (χ1n) is 7.64. The summed E-state index contributed by atoms with van der Waals surface area (Å²) in [7, 11) is 1.91. The maximum absolute atomic E-state index is 10.9. The number of benzene rings is 2. The molecule has 0 bridgehead atoms. The van der Waals surface area contributed by atoms with Crippen LogP contribution in [0.15, 0.2) is 54.7 Å². The van der Waals surface area contributed by atoms with Crippen molar-refractivity contribution in [2.45, 2.75) is 5.92 Å². The first kappa shape index (κ1) is 16.2. The summed E-state index contributed by atoms with van der Waals surface area (Å²) >= 11 is 0. The van der Waals surface area contributed by atoms with Crippen LogP contribution in [0.5, 0.6) is 0 Å². The first-order valence-corrected chi connectivity index (χ1v) is 7.64. The van der Waals surface area contributed by atoms with E-state index in [0.717, 1.165) is 16.5 Å². The third-order valence-electron chi connectivity index (χ3n) is 4.34. The highest BCUT2D eigenvalue weighted by Gasteiger charge is 2.28. The van der Waals surface area contributed by atoms with Crippen molar-refractivity contribution in [3.05, 3.63) is 76.0 Å². The molecular weight excluding hydrogens is 316 g/mol. The monoisotopic (exact) mass is 330 g/mol. The molecule has 3 rings (SSSR count). The summed E-state index contributed by atoms with van der Waals surface area (Å²) in [5, 5.41) is 30.7. The zero-order valence-electron chi connectivity index (χ0n) is 13.5. The smallest absolute Gasteiger partial charge is 0.269 e. The lowest BCUT2D eigenvalue weighted by Gasteiger charge is -2.17. The van der Waals surface area contributed by atoms with Crippen LogP contribution in [0.4, 0.5) is 5.69 Å². The van der Waals surface area contributed by atoms with Gasteiger partial charge in [0.05, 0.1) is 17.1 Å². The van der Waals surface area contributed by atoms with E-state index in [-0.39, 0.29) is 5.69 Å². The molecule has 0 amide bonds. The molecule has 0 N–H and O–H groups in total. The summed E-state index contributed by atoms with van der Waals surface area (Å²) in [6.45, 7) is 0. The molecule has 25 heavy (non-hydrogen) atoms. The van der Waals surface area contributed by atoms with Crippen LogP contribution in [0, 0.1) is 38.7 Å². The van der Waals surface area contributed by atoms with Gasteiger partial charge in [-0.25, -0.2) is 0 Å². The van der Waals surface area contributed by atoms with E-state index in [1.54, 1.807) is 12.1 Å². The van der Waals surface area contributed by atoms with Crippen LogP contribution in [0.2, 0.25) is 0 Å². The van der Waals surface area contributed by atoms with Crippen molar-refractivity contribution in [1.29, 1.82) is 10.5 Å². The summed E-state index contributed by atoms with van der Waals surface area (Å²) in [5.74, 6) is -1.38. The minimum Gasteiger partial charge on any atom is -0.350 e. The van der Waals surface area contributed by atoms with Crippen LogP contribution in [0.25, 0.3) is 10.9 Å². The summed E-state index contributed by atoms with van der Waals surface area (Å²) in [6.07, 6.45) is 1.92. The molecule has 0 spiro atoms. The van der Waals surface area contributed by atoms with Crippen molar-refractivity contribution in [2.75, 3.05) is 0 Å². The predicted octanol–water partition coefficient (Wildman–Crippen LogP) is 3.88. The van der Waals surface area contributed by atoms with Crippen LogP contribution in [0.3, 0.4) is 0 Å². The Balaban J connectivity index is 2.20. The molecular formula is C19H14N4O2. The van der Waals surface area contributed by atoms with Crippen LogP contribution >= 0.6 is 0 Å². The fourth-order valence-electron chi connectivity index (χ4n) is 3.15. The number of nitrogens with zero attached hydrogens (tertiary/aromatic N) is 4. The van der Waals surface area contributed by atoms with Gasteiger partial charge in [0.25, 0.3) is 5.69 Å². The molecule has 0 aliphatic carbocycles. The molecule has 6 heteroatoms. The van der Waals surface area contributed by atoms with Gasteiger partial charge in [-0.2, -0.15) is 10.5 Å². The summed E-state index contributed by atoms with van der Waals surface area (Å²) in [6, 6.07) is 17.9. The second-order valence-corrected chi connectivity index (χ2v) is 5.77. The second kappa shape index (κ2) is 6.46. The average Bonchev–Trinajstić information content (AvgIpc) is 2.96. The van der Waals surface area contributed by atoms with Gasteiger partial charge in [-0.05, 0) is 17.2 Å². The van der Waals surface area contributed by atoms with Crippen molar-refractivity contribution in [3.8, 4) is 12.1 Å². The number of nitro benzene ring substituents is 1. The first-order chi connectivity index (χ1) is 12.1. The highest BCUT2D eigenvalue weighted by molar-refractivity contribution is 5.85. The standard InChI is InChI=1S/C19H14N4O2/c1-22-12-17(16-4-2-3-5-18(16)22)19(14(10-20)11-21)13-6-8-15(9-7-13)23(24)25/h2-9,12,14,19H,1H3. The van der Waals surface area contributed by atoms with Crippen molar-refractivity contribution in [2.24, 2.45) is 13.0 Å². The van der Waals surface area contributed by atoms with E-state index in [1.807, 2.05) is 42.1 Å². The molecule has 122 valence electrons. The second-order valence-electron chi connectivity index (χ2n) is 5.77. The van der Waals surface area contributed by atoms with Gasteiger partial charge >= 0.3 is 0 Å². The topological polar surface area (TPSA) is 95.6 Å². The zero-order chi connectivity index (χ0) is 18.0. The van der Waals surface area contributed by atoms with Crippen LogP contribution in [-0.4, -0.2) is 9.49 Å². The molecule has 0 saturated carbocycles.